The van der Waals surface area contributed by atoms with Crippen molar-refractivity contribution < 1.29 is 8.60 Å². The molecule has 0 aliphatic heterocycles. The normalized spacial score (nSPS) is 12.6. The van der Waals surface area contributed by atoms with Crippen LogP contribution in [-0.4, -0.2) is 19.7 Å². The Morgan fingerprint density at radius 3 is 2.83 bits per heavy atom. The minimum absolute atomic E-state index is 0.0717. The molecule has 4 nitrogen and oxygen atoms in total. The van der Waals surface area contributed by atoms with Gasteiger partial charge in [0.25, 0.3) is 0 Å². The number of aryl methyl sites for hydroxylation is 2. The van der Waals surface area contributed by atoms with E-state index in [-0.39, 0.29) is 5.69 Å². The number of halogens is 1. The van der Waals surface area contributed by atoms with E-state index in [1.807, 2.05) is 13.1 Å². The second-order valence-electron chi connectivity index (χ2n) is 3.93. The second-order valence-corrected chi connectivity index (χ2v) is 5.50. The first kappa shape index (κ1) is 12.8. The number of nitrogens with two attached hydrogens (primary N) is 1. The molecule has 2 rings (SSSR count). The molecule has 1 heterocycles. The SMILES string of the molecule is Cn1nccc1CCS(=O)c1ccc(N)c(F)c1. The average Bonchev–Trinajstić information content (AvgIpc) is 2.75. The van der Waals surface area contributed by atoms with Crippen molar-refractivity contribution in [1.82, 2.24) is 9.78 Å². The molecule has 0 spiro atoms. The summed E-state index contributed by atoms with van der Waals surface area (Å²) >= 11 is 0. The molecule has 1 atom stereocenters. The van der Waals surface area contributed by atoms with Gasteiger partial charge in [0.05, 0.1) is 16.5 Å². The molecule has 2 aromatic rings. The molecule has 18 heavy (non-hydrogen) atoms. The van der Waals surface area contributed by atoms with E-state index in [4.69, 9.17) is 5.73 Å². The van der Waals surface area contributed by atoms with Crippen molar-refractivity contribution in [1.29, 1.82) is 0 Å². The highest BCUT2D eigenvalue weighted by molar-refractivity contribution is 7.85. The predicted molar refractivity (Wildman–Crippen MR) is 69.0 cm³/mol. The zero-order valence-corrected chi connectivity index (χ0v) is 10.8. The van der Waals surface area contributed by atoms with Gasteiger partial charge in [-0.25, -0.2) is 4.39 Å². The van der Waals surface area contributed by atoms with E-state index in [1.165, 1.54) is 12.1 Å². The summed E-state index contributed by atoms with van der Waals surface area (Å²) in [6, 6.07) is 6.14. The molecule has 96 valence electrons. The first-order valence-electron chi connectivity index (χ1n) is 5.48. The number of hydrogen-bond donors (Lipinski definition) is 1. The standard InChI is InChI=1S/C12H14FN3OS/c1-16-9(4-6-15-16)5-7-18(17)10-2-3-12(14)11(13)8-10/h2-4,6,8H,5,7,14H2,1H3. The minimum atomic E-state index is -1.23. The summed E-state index contributed by atoms with van der Waals surface area (Å²) < 4.78 is 27.0. The smallest absolute Gasteiger partial charge is 0.147 e. The Balaban J connectivity index is 2.04. The highest BCUT2D eigenvalue weighted by Gasteiger charge is 2.08. The monoisotopic (exact) mass is 267 g/mol. The predicted octanol–water partition coefficient (Wildman–Crippen LogP) is 1.49. The lowest BCUT2D eigenvalue weighted by molar-refractivity contribution is 0.627. The minimum Gasteiger partial charge on any atom is -0.396 e. The molecule has 1 unspecified atom stereocenters. The summed E-state index contributed by atoms with van der Waals surface area (Å²) in [6.07, 6.45) is 2.33. The van der Waals surface area contributed by atoms with Gasteiger partial charge >= 0.3 is 0 Å². The first-order valence-corrected chi connectivity index (χ1v) is 6.80. The highest BCUT2D eigenvalue weighted by Crippen LogP contribution is 2.15. The number of benzene rings is 1. The Bertz CT molecular complexity index is 582. The number of nitrogens with zero attached hydrogens (tertiary/aromatic N) is 2. The molecule has 0 aliphatic carbocycles. The van der Waals surface area contributed by atoms with Gasteiger partial charge in [-0.1, -0.05) is 0 Å². The highest BCUT2D eigenvalue weighted by atomic mass is 32.2. The van der Waals surface area contributed by atoms with E-state index in [1.54, 1.807) is 16.9 Å². The van der Waals surface area contributed by atoms with E-state index in [9.17, 15) is 8.60 Å². The quantitative estimate of drug-likeness (QED) is 0.854. The van der Waals surface area contributed by atoms with E-state index in [2.05, 4.69) is 5.10 Å². The van der Waals surface area contributed by atoms with Crippen LogP contribution in [0.1, 0.15) is 5.69 Å². The van der Waals surface area contributed by atoms with E-state index in [0.717, 1.165) is 5.69 Å². The van der Waals surface area contributed by atoms with Crippen LogP contribution in [-0.2, 0) is 24.3 Å². The fourth-order valence-electron chi connectivity index (χ4n) is 1.61. The Morgan fingerprint density at radius 2 is 2.22 bits per heavy atom. The van der Waals surface area contributed by atoms with E-state index in [0.29, 0.717) is 17.1 Å². The zero-order chi connectivity index (χ0) is 13.1. The molecule has 0 fully saturated rings. The average molecular weight is 267 g/mol. The Kier molecular flexibility index (Phi) is 3.76. The van der Waals surface area contributed by atoms with Gasteiger partial charge in [-0.3, -0.25) is 8.89 Å². The molecule has 0 bridgehead atoms. The van der Waals surface area contributed by atoms with Crippen molar-refractivity contribution in [3.8, 4) is 0 Å². The molecule has 6 heteroatoms. The van der Waals surface area contributed by atoms with Crippen molar-refractivity contribution in [2.45, 2.75) is 11.3 Å². The lowest BCUT2D eigenvalue weighted by Crippen LogP contribution is -2.06. The van der Waals surface area contributed by atoms with Crippen LogP contribution >= 0.6 is 0 Å². The van der Waals surface area contributed by atoms with Crippen LogP contribution in [0.2, 0.25) is 0 Å². The van der Waals surface area contributed by atoms with Crippen LogP contribution in [0, 0.1) is 5.82 Å². The molecular formula is C12H14FN3OS. The maximum Gasteiger partial charge on any atom is 0.147 e. The van der Waals surface area contributed by atoms with E-state index < -0.39 is 16.6 Å². The van der Waals surface area contributed by atoms with Gasteiger partial charge in [-0.2, -0.15) is 5.10 Å². The molecular weight excluding hydrogens is 253 g/mol. The van der Waals surface area contributed by atoms with Crippen molar-refractivity contribution in [3.05, 3.63) is 42.0 Å². The third-order valence-electron chi connectivity index (χ3n) is 2.70. The van der Waals surface area contributed by atoms with Gasteiger partial charge in [0.1, 0.15) is 5.82 Å². The lowest BCUT2D eigenvalue weighted by Gasteiger charge is -2.04. The van der Waals surface area contributed by atoms with Gasteiger partial charge in [0.15, 0.2) is 0 Å². The van der Waals surface area contributed by atoms with Gasteiger partial charge < -0.3 is 5.73 Å². The lowest BCUT2D eigenvalue weighted by atomic mass is 10.3. The molecule has 0 aliphatic rings. The summed E-state index contributed by atoms with van der Waals surface area (Å²) in [4.78, 5) is 0.462. The fourth-order valence-corrected chi connectivity index (χ4v) is 2.70. The van der Waals surface area contributed by atoms with Crippen LogP contribution < -0.4 is 5.73 Å². The van der Waals surface area contributed by atoms with Gasteiger partial charge in [0.2, 0.25) is 0 Å². The van der Waals surface area contributed by atoms with Crippen LogP contribution in [0.25, 0.3) is 0 Å². The summed E-state index contributed by atoms with van der Waals surface area (Å²) in [5.41, 5.74) is 6.45. The van der Waals surface area contributed by atoms with Gasteiger partial charge in [0, 0.05) is 36.0 Å². The van der Waals surface area contributed by atoms with Gasteiger partial charge in [-0.05, 0) is 24.3 Å². The van der Waals surface area contributed by atoms with Crippen molar-refractivity contribution in [2.24, 2.45) is 7.05 Å². The molecule has 1 aromatic carbocycles. The van der Waals surface area contributed by atoms with Crippen LogP contribution in [0.3, 0.4) is 0 Å². The number of aromatic nitrogens is 2. The van der Waals surface area contributed by atoms with Crippen molar-refractivity contribution in [3.63, 3.8) is 0 Å². The maximum atomic E-state index is 13.2. The molecule has 0 saturated heterocycles. The van der Waals surface area contributed by atoms with Crippen molar-refractivity contribution in [2.75, 3.05) is 11.5 Å². The largest absolute Gasteiger partial charge is 0.396 e. The van der Waals surface area contributed by atoms with Crippen molar-refractivity contribution >= 4 is 16.5 Å². The Morgan fingerprint density at radius 1 is 1.44 bits per heavy atom. The fraction of sp³-hybridized carbons (Fsp3) is 0.250. The molecule has 0 radical (unpaired) electrons. The molecule has 2 N–H and O–H groups in total. The Hall–Kier alpha value is -1.69. The number of rotatable bonds is 4. The van der Waals surface area contributed by atoms with Crippen LogP contribution in [0.15, 0.2) is 35.4 Å². The third-order valence-corrected chi connectivity index (χ3v) is 4.06. The topological polar surface area (TPSA) is 60.9 Å². The van der Waals surface area contributed by atoms with Crippen LogP contribution in [0.5, 0.6) is 0 Å². The zero-order valence-electron chi connectivity index (χ0n) is 9.97. The molecule has 1 aromatic heterocycles. The summed E-state index contributed by atoms with van der Waals surface area (Å²) in [5.74, 6) is -0.0931. The number of hydrogen-bond acceptors (Lipinski definition) is 3. The maximum absolute atomic E-state index is 13.2. The first-order chi connectivity index (χ1) is 8.58. The molecule has 0 amide bonds. The summed E-state index contributed by atoms with van der Waals surface area (Å²) in [5, 5.41) is 4.03. The van der Waals surface area contributed by atoms with Gasteiger partial charge in [-0.15, -0.1) is 0 Å². The van der Waals surface area contributed by atoms with E-state index >= 15 is 0 Å². The molecule has 0 saturated carbocycles. The number of nitrogen functional groups attached to an aromatic ring is 1. The third kappa shape index (κ3) is 2.76. The summed E-state index contributed by atoms with van der Waals surface area (Å²) in [6.45, 7) is 0. The second kappa shape index (κ2) is 5.30. The number of anilines is 1. The summed E-state index contributed by atoms with van der Waals surface area (Å²) in [7, 11) is 0.603. The van der Waals surface area contributed by atoms with Crippen LogP contribution in [0.4, 0.5) is 10.1 Å². The Labute approximate surface area is 107 Å².